The van der Waals surface area contributed by atoms with Gasteiger partial charge in [0, 0.05) is 11.9 Å². The van der Waals surface area contributed by atoms with Crippen molar-refractivity contribution in [3.05, 3.63) is 30.1 Å². The van der Waals surface area contributed by atoms with E-state index in [2.05, 4.69) is 4.98 Å². The van der Waals surface area contributed by atoms with E-state index >= 15 is 0 Å². The van der Waals surface area contributed by atoms with Crippen molar-refractivity contribution in [2.24, 2.45) is 5.73 Å². The molecule has 94 valence electrons. The second-order valence-electron chi connectivity index (χ2n) is 3.52. The Morgan fingerprint density at radius 3 is 3.06 bits per heavy atom. The molecule has 1 atom stereocenters. The minimum Gasteiger partial charge on any atom is -0.465 e. The number of ether oxygens (including phenoxy) is 1. The smallest absolute Gasteiger partial charge is 0.322 e. The van der Waals surface area contributed by atoms with Crippen molar-refractivity contribution in [2.75, 3.05) is 12.4 Å². The molecule has 4 nitrogen and oxygen atoms in total. The van der Waals surface area contributed by atoms with Gasteiger partial charge in [0.25, 0.3) is 0 Å². The first kappa shape index (κ1) is 14.0. The summed E-state index contributed by atoms with van der Waals surface area (Å²) < 4.78 is 4.83. The highest BCUT2D eigenvalue weighted by Crippen LogP contribution is 2.11. The van der Waals surface area contributed by atoms with Gasteiger partial charge < -0.3 is 10.5 Å². The second kappa shape index (κ2) is 8.08. The van der Waals surface area contributed by atoms with Crippen LogP contribution >= 0.6 is 11.8 Å². The van der Waals surface area contributed by atoms with Gasteiger partial charge in [0.15, 0.2) is 0 Å². The van der Waals surface area contributed by atoms with Crippen molar-refractivity contribution < 1.29 is 9.53 Å². The molecule has 0 saturated heterocycles. The SMILES string of the molecule is CCOC(=O)C(N)CCSCc1ccccn1. The summed E-state index contributed by atoms with van der Waals surface area (Å²) in [5.41, 5.74) is 6.72. The van der Waals surface area contributed by atoms with Crippen LogP contribution in [0.1, 0.15) is 19.0 Å². The van der Waals surface area contributed by atoms with Crippen LogP contribution in [-0.4, -0.2) is 29.4 Å². The van der Waals surface area contributed by atoms with Crippen LogP contribution in [0.5, 0.6) is 0 Å². The molecule has 0 aliphatic heterocycles. The van der Waals surface area contributed by atoms with E-state index < -0.39 is 6.04 Å². The molecule has 0 aromatic carbocycles. The maximum Gasteiger partial charge on any atom is 0.322 e. The van der Waals surface area contributed by atoms with Gasteiger partial charge in [-0.3, -0.25) is 9.78 Å². The van der Waals surface area contributed by atoms with Crippen molar-refractivity contribution >= 4 is 17.7 Å². The van der Waals surface area contributed by atoms with Gasteiger partial charge in [0.2, 0.25) is 0 Å². The van der Waals surface area contributed by atoms with Gasteiger partial charge >= 0.3 is 5.97 Å². The van der Waals surface area contributed by atoms with E-state index in [4.69, 9.17) is 10.5 Å². The Bertz CT molecular complexity index is 333. The molecule has 0 aliphatic carbocycles. The predicted molar refractivity (Wildman–Crippen MR) is 69.6 cm³/mol. The molecule has 1 rings (SSSR count). The molecule has 1 unspecified atom stereocenters. The summed E-state index contributed by atoms with van der Waals surface area (Å²) in [5, 5.41) is 0. The molecule has 17 heavy (non-hydrogen) atoms. The van der Waals surface area contributed by atoms with Gasteiger partial charge in [-0.05, 0) is 31.2 Å². The summed E-state index contributed by atoms with van der Waals surface area (Å²) >= 11 is 1.72. The number of esters is 1. The zero-order chi connectivity index (χ0) is 12.5. The van der Waals surface area contributed by atoms with Crippen molar-refractivity contribution in [3.63, 3.8) is 0 Å². The van der Waals surface area contributed by atoms with E-state index in [1.54, 1.807) is 24.9 Å². The quantitative estimate of drug-likeness (QED) is 0.591. The van der Waals surface area contributed by atoms with Crippen LogP contribution in [0.3, 0.4) is 0 Å². The summed E-state index contributed by atoms with van der Waals surface area (Å²) in [4.78, 5) is 15.5. The average molecular weight is 254 g/mol. The highest BCUT2D eigenvalue weighted by atomic mass is 32.2. The number of carbonyl (C=O) groups is 1. The number of carbonyl (C=O) groups excluding carboxylic acids is 1. The van der Waals surface area contributed by atoms with Crippen LogP contribution in [0.2, 0.25) is 0 Å². The van der Waals surface area contributed by atoms with Crippen LogP contribution in [-0.2, 0) is 15.3 Å². The van der Waals surface area contributed by atoms with Crippen LogP contribution < -0.4 is 5.73 Å². The Hall–Kier alpha value is -1.07. The van der Waals surface area contributed by atoms with E-state index in [9.17, 15) is 4.79 Å². The monoisotopic (exact) mass is 254 g/mol. The van der Waals surface area contributed by atoms with Gasteiger partial charge in [-0.15, -0.1) is 0 Å². The van der Waals surface area contributed by atoms with E-state index in [1.165, 1.54) is 0 Å². The van der Waals surface area contributed by atoms with Gasteiger partial charge in [-0.25, -0.2) is 0 Å². The molecule has 1 aromatic heterocycles. The molecular weight excluding hydrogens is 236 g/mol. The van der Waals surface area contributed by atoms with Gasteiger partial charge in [-0.2, -0.15) is 11.8 Å². The van der Waals surface area contributed by atoms with E-state index in [1.807, 2.05) is 18.2 Å². The maximum atomic E-state index is 11.2. The first-order chi connectivity index (χ1) is 8.24. The fourth-order valence-electron chi connectivity index (χ4n) is 1.24. The Morgan fingerprint density at radius 1 is 1.59 bits per heavy atom. The number of rotatable bonds is 7. The summed E-state index contributed by atoms with van der Waals surface area (Å²) in [6, 6.07) is 5.34. The number of nitrogens with zero attached hydrogens (tertiary/aromatic N) is 1. The lowest BCUT2D eigenvalue weighted by atomic mass is 10.2. The molecule has 1 aromatic rings. The molecule has 0 radical (unpaired) electrons. The molecule has 0 fully saturated rings. The number of pyridine rings is 1. The molecule has 0 bridgehead atoms. The highest BCUT2D eigenvalue weighted by molar-refractivity contribution is 7.98. The lowest BCUT2D eigenvalue weighted by molar-refractivity contribution is -0.144. The molecular formula is C12H18N2O2S. The van der Waals surface area contributed by atoms with Gasteiger partial charge in [-0.1, -0.05) is 6.07 Å². The molecule has 2 N–H and O–H groups in total. The largest absolute Gasteiger partial charge is 0.465 e. The fourth-order valence-corrected chi connectivity index (χ4v) is 2.18. The van der Waals surface area contributed by atoms with Gasteiger partial charge in [0.1, 0.15) is 6.04 Å². The van der Waals surface area contributed by atoms with Crippen LogP contribution in [0.25, 0.3) is 0 Å². The minimum atomic E-state index is -0.508. The Kier molecular flexibility index (Phi) is 6.65. The predicted octanol–water partition coefficient (Wildman–Crippen LogP) is 1.60. The number of hydrogen-bond acceptors (Lipinski definition) is 5. The molecule has 0 aliphatic rings. The summed E-state index contributed by atoms with van der Waals surface area (Å²) in [6.45, 7) is 2.16. The number of aromatic nitrogens is 1. The third-order valence-corrected chi connectivity index (χ3v) is 3.16. The second-order valence-corrected chi connectivity index (χ2v) is 4.63. The summed E-state index contributed by atoms with van der Waals surface area (Å²) in [6.07, 6.45) is 2.41. The summed E-state index contributed by atoms with van der Waals surface area (Å²) in [5.74, 6) is 1.36. The maximum absolute atomic E-state index is 11.2. The first-order valence-corrected chi connectivity index (χ1v) is 6.79. The van der Waals surface area contributed by atoms with Crippen molar-refractivity contribution in [3.8, 4) is 0 Å². The topological polar surface area (TPSA) is 65.2 Å². The first-order valence-electron chi connectivity index (χ1n) is 5.64. The summed E-state index contributed by atoms with van der Waals surface area (Å²) in [7, 11) is 0. The van der Waals surface area contributed by atoms with Crippen LogP contribution in [0.15, 0.2) is 24.4 Å². The lowest BCUT2D eigenvalue weighted by Crippen LogP contribution is -2.32. The third-order valence-electron chi connectivity index (χ3n) is 2.14. The zero-order valence-corrected chi connectivity index (χ0v) is 10.8. The molecule has 5 heteroatoms. The standard InChI is InChI=1S/C12H18N2O2S/c1-2-16-12(15)11(13)6-8-17-9-10-5-3-4-7-14-10/h3-5,7,11H,2,6,8-9,13H2,1H3. The highest BCUT2D eigenvalue weighted by Gasteiger charge is 2.13. The van der Waals surface area contributed by atoms with Crippen LogP contribution in [0.4, 0.5) is 0 Å². The van der Waals surface area contributed by atoms with Crippen molar-refractivity contribution in [1.29, 1.82) is 0 Å². The van der Waals surface area contributed by atoms with Crippen molar-refractivity contribution in [2.45, 2.75) is 25.1 Å². The Morgan fingerprint density at radius 2 is 2.41 bits per heavy atom. The van der Waals surface area contributed by atoms with E-state index in [0.29, 0.717) is 13.0 Å². The number of thioether (sulfide) groups is 1. The minimum absolute atomic E-state index is 0.314. The zero-order valence-electron chi connectivity index (χ0n) is 9.96. The average Bonchev–Trinajstić information content (AvgIpc) is 2.36. The van der Waals surface area contributed by atoms with Crippen LogP contribution in [0, 0.1) is 0 Å². The van der Waals surface area contributed by atoms with E-state index in [-0.39, 0.29) is 5.97 Å². The molecule has 0 amide bonds. The normalized spacial score (nSPS) is 12.1. The lowest BCUT2D eigenvalue weighted by Gasteiger charge is -2.09. The number of nitrogens with two attached hydrogens (primary N) is 1. The fraction of sp³-hybridized carbons (Fsp3) is 0.500. The molecule has 0 spiro atoms. The third kappa shape index (κ3) is 5.70. The molecule has 0 saturated carbocycles. The Labute approximate surface area is 106 Å². The number of hydrogen-bond donors (Lipinski definition) is 1. The molecule has 1 heterocycles. The Balaban J connectivity index is 2.14. The van der Waals surface area contributed by atoms with Gasteiger partial charge in [0.05, 0.1) is 12.3 Å². The van der Waals surface area contributed by atoms with E-state index in [0.717, 1.165) is 17.2 Å². The van der Waals surface area contributed by atoms with Crippen molar-refractivity contribution in [1.82, 2.24) is 4.98 Å².